The van der Waals surface area contributed by atoms with Crippen molar-refractivity contribution < 1.29 is 38.0 Å². The summed E-state index contributed by atoms with van der Waals surface area (Å²) in [6.45, 7) is 5.98. The zero-order valence-electron chi connectivity index (χ0n) is 38.4. The molecular weight excluding hydrogens is 798 g/mol. The molecule has 0 saturated heterocycles. The first-order chi connectivity index (χ1) is 30.6. The zero-order chi connectivity index (χ0) is 44.9. The van der Waals surface area contributed by atoms with E-state index in [-0.39, 0.29) is 30.7 Å². The minimum absolute atomic E-state index is 0.0171. The molecule has 0 amide bonds. The fourth-order valence-electron chi connectivity index (χ4n) is 8.50. The molecule has 1 aliphatic carbocycles. The molecule has 10 nitrogen and oxygen atoms in total. The number of carboxylic acid groups (broad SMARTS) is 1. The normalized spacial score (nSPS) is 13.2. The van der Waals surface area contributed by atoms with Crippen LogP contribution in [-0.4, -0.2) is 52.9 Å². The summed E-state index contributed by atoms with van der Waals surface area (Å²) in [6.07, 6.45) is 23.3. The Bertz CT molecular complexity index is 1990. The molecule has 63 heavy (non-hydrogen) atoms. The van der Waals surface area contributed by atoms with Gasteiger partial charge in [0.25, 0.3) is 0 Å². The summed E-state index contributed by atoms with van der Waals surface area (Å²) >= 11 is 0. The van der Waals surface area contributed by atoms with E-state index in [4.69, 9.17) is 18.9 Å². The number of carbonyl (C=O) groups is 2. The fraction of sp³-hybridized carbons (Fsp3) is 0.577. The smallest absolute Gasteiger partial charge is 0.305 e. The molecule has 344 valence electrons. The van der Waals surface area contributed by atoms with Crippen molar-refractivity contribution in [3.63, 3.8) is 0 Å². The molecule has 1 aliphatic rings. The second-order valence-corrected chi connectivity index (χ2v) is 18.1. The van der Waals surface area contributed by atoms with E-state index in [1.807, 2.05) is 47.3 Å². The molecule has 1 aromatic heterocycles. The number of aryl methyl sites for hydroxylation is 1. The van der Waals surface area contributed by atoms with Crippen LogP contribution in [0.15, 0.2) is 66.9 Å². The summed E-state index contributed by atoms with van der Waals surface area (Å²) in [7, 11) is 3.03. The van der Waals surface area contributed by atoms with Crippen molar-refractivity contribution in [2.75, 3.05) is 20.8 Å². The number of carbonyl (C=O) groups excluding carboxylic acids is 1. The summed E-state index contributed by atoms with van der Waals surface area (Å²) in [5, 5.41) is 18.3. The van der Waals surface area contributed by atoms with Crippen LogP contribution in [0, 0.1) is 11.7 Å². The maximum absolute atomic E-state index is 15.5. The number of rotatable bonds is 32. The number of halogens is 1. The van der Waals surface area contributed by atoms with Gasteiger partial charge in [0.1, 0.15) is 29.6 Å². The quantitative estimate of drug-likeness (QED) is 0.0377. The molecule has 1 saturated carbocycles. The number of hydrogen-bond donors (Lipinski definition) is 1. The van der Waals surface area contributed by atoms with Crippen LogP contribution in [0.1, 0.15) is 164 Å². The van der Waals surface area contributed by atoms with Crippen molar-refractivity contribution >= 4 is 11.9 Å². The van der Waals surface area contributed by atoms with E-state index in [9.17, 15) is 14.7 Å². The van der Waals surface area contributed by atoms with Crippen molar-refractivity contribution in [3.8, 4) is 22.6 Å². The number of benzene rings is 3. The van der Waals surface area contributed by atoms with Crippen LogP contribution in [0.2, 0.25) is 0 Å². The van der Waals surface area contributed by atoms with Crippen LogP contribution in [0.5, 0.6) is 11.5 Å². The fourth-order valence-corrected chi connectivity index (χ4v) is 8.50. The van der Waals surface area contributed by atoms with Gasteiger partial charge in [-0.25, -0.2) is 4.39 Å². The van der Waals surface area contributed by atoms with Gasteiger partial charge in [-0.2, -0.15) is 0 Å². The first-order valence-electron chi connectivity index (χ1n) is 23.5. The van der Waals surface area contributed by atoms with Gasteiger partial charge in [-0.3, -0.25) is 14.3 Å². The molecule has 1 unspecified atom stereocenters. The molecular formula is C52H72FN3O7. The molecule has 1 N–H and O–H groups in total. The van der Waals surface area contributed by atoms with Gasteiger partial charge in [-0.15, -0.1) is 5.10 Å². The Morgan fingerprint density at radius 1 is 0.794 bits per heavy atom. The number of ether oxygens (including phenoxy) is 4. The summed E-state index contributed by atoms with van der Waals surface area (Å²) in [5.41, 5.74) is 4.27. The van der Waals surface area contributed by atoms with E-state index in [2.05, 4.69) is 30.2 Å². The summed E-state index contributed by atoms with van der Waals surface area (Å²) in [5.74, 6) is 0.423. The molecule has 0 radical (unpaired) electrons. The van der Waals surface area contributed by atoms with Crippen LogP contribution < -0.4 is 9.47 Å². The third-order valence-electron chi connectivity index (χ3n) is 12.3. The molecule has 0 aliphatic heterocycles. The molecule has 1 atom stereocenters. The van der Waals surface area contributed by atoms with Gasteiger partial charge in [0.15, 0.2) is 0 Å². The van der Waals surface area contributed by atoms with E-state index < -0.39 is 11.4 Å². The average molecular weight is 870 g/mol. The number of hydrogen-bond acceptors (Lipinski definition) is 8. The lowest BCUT2D eigenvalue weighted by molar-refractivity contribution is -0.141. The van der Waals surface area contributed by atoms with Crippen LogP contribution >= 0.6 is 0 Å². The molecule has 1 fully saturated rings. The van der Waals surface area contributed by atoms with E-state index in [0.717, 1.165) is 66.6 Å². The SMILES string of the molecule is COC(=O)CCCCCCCCCCCCCCCCCn1cc(COCC(C)(C)c2cc(COc3cccc(C(CC(=O)O)C4CC4)c3)ccc2-c2cc(OC)ccc2F)nn1. The number of methoxy groups -OCH3 is 2. The predicted molar refractivity (Wildman–Crippen MR) is 245 cm³/mol. The number of carboxylic acids is 1. The monoisotopic (exact) mass is 870 g/mol. The Hall–Kier alpha value is -4.77. The minimum atomic E-state index is -0.786. The minimum Gasteiger partial charge on any atom is -0.497 e. The van der Waals surface area contributed by atoms with Gasteiger partial charge in [0, 0.05) is 23.9 Å². The maximum Gasteiger partial charge on any atom is 0.305 e. The number of nitrogens with zero attached hydrogens (tertiary/aromatic N) is 3. The Labute approximate surface area is 375 Å². The number of unbranched alkanes of at least 4 members (excludes halogenated alkanes) is 14. The topological polar surface area (TPSA) is 122 Å². The highest BCUT2D eigenvalue weighted by Crippen LogP contribution is 2.45. The van der Waals surface area contributed by atoms with Gasteiger partial charge in [-0.05, 0) is 90.1 Å². The Morgan fingerprint density at radius 2 is 1.46 bits per heavy atom. The highest BCUT2D eigenvalue weighted by Gasteiger charge is 2.34. The second-order valence-electron chi connectivity index (χ2n) is 18.1. The zero-order valence-corrected chi connectivity index (χ0v) is 38.4. The van der Waals surface area contributed by atoms with Gasteiger partial charge in [-0.1, -0.05) is 133 Å². The number of aliphatic carboxylic acids is 1. The van der Waals surface area contributed by atoms with Crippen molar-refractivity contribution in [2.45, 2.75) is 167 Å². The first-order valence-corrected chi connectivity index (χ1v) is 23.5. The highest BCUT2D eigenvalue weighted by atomic mass is 19.1. The predicted octanol–water partition coefficient (Wildman–Crippen LogP) is 12.5. The Morgan fingerprint density at radius 3 is 2.10 bits per heavy atom. The largest absolute Gasteiger partial charge is 0.497 e. The van der Waals surface area contributed by atoms with Crippen molar-refractivity contribution in [3.05, 3.63) is 95.1 Å². The summed E-state index contributed by atoms with van der Waals surface area (Å²) < 4.78 is 40.1. The molecule has 0 bridgehead atoms. The molecule has 3 aromatic carbocycles. The highest BCUT2D eigenvalue weighted by molar-refractivity contribution is 5.71. The lowest BCUT2D eigenvalue weighted by atomic mass is 9.79. The van der Waals surface area contributed by atoms with Gasteiger partial charge in [0.2, 0.25) is 0 Å². The van der Waals surface area contributed by atoms with Crippen molar-refractivity contribution in [1.29, 1.82) is 0 Å². The summed E-state index contributed by atoms with van der Waals surface area (Å²) in [6, 6.07) is 18.5. The number of esters is 1. The molecule has 0 spiro atoms. The Kier molecular flexibility index (Phi) is 20.4. The maximum atomic E-state index is 15.5. The number of aromatic nitrogens is 3. The second kappa shape index (κ2) is 26.1. The third-order valence-corrected chi connectivity index (χ3v) is 12.3. The van der Waals surface area contributed by atoms with Crippen molar-refractivity contribution in [2.24, 2.45) is 5.92 Å². The molecule has 5 rings (SSSR count). The first kappa shape index (κ1) is 49.2. The molecule has 4 aromatic rings. The lowest BCUT2D eigenvalue weighted by Gasteiger charge is -2.29. The van der Waals surface area contributed by atoms with E-state index in [0.29, 0.717) is 42.6 Å². The van der Waals surface area contributed by atoms with Crippen LogP contribution in [0.4, 0.5) is 4.39 Å². The molecule has 1 heterocycles. The molecule has 11 heteroatoms. The van der Waals surface area contributed by atoms with Gasteiger partial charge in [0.05, 0.1) is 40.1 Å². The van der Waals surface area contributed by atoms with E-state index >= 15 is 4.39 Å². The van der Waals surface area contributed by atoms with Crippen LogP contribution in [0.25, 0.3) is 11.1 Å². The van der Waals surface area contributed by atoms with E-state index in [1.165, 1.54) is 90.2 Å². The van der Waals surface area contributed by atoms with Crippen molar-refractivity contribution in [1.82, 2.24) is 15.0 Å². The third kappa shape index (κ3) is 17.0. The van der Waals surface area contributed by atoms with Crippen LogP contribution in [-0.2, 0) is 44.2 Å². The lowest BCUT2D eigenvalue weighted by Crippen LogP contribution is -2.25. The Balaban J connectivity index is 1.05. The average Bonchev–Trinajstić information content (AvgIpc) is 4.03. The standard InChI is InChI=1S/C52H72FN3O7/c1-52(2,38-62-37-42-35-56(55-54-42)30-19-17-15-13-11-9-7-5-6-8-10-12-14-16-18-23-51(59)61-4)48-31-39(24-28-45(48)47-33-43(60-3)27-29-49(47)53)36-63-44-22-20-21-41(32-44)46(34-50(57)58)40-25-26-40/h20-22,24,27-29,31-33,35,40,46H,5-19,23,25-26,30,34,36-38H2,1-4H3,(H,57,58). The van der Waals surface area contributed by atoms with Gasteiger partial charge < -0.3 is 24.1 Å². The summed E-state index contributed by atoms with van der Waals surface area (Å²) in [4.78, 5) is 22.8. The van der Waals surface area contributed by atoms with Crippen LogP contribution in [0.3, 0.4) is 0 Å². The van der Waals surface area contributed by atoms with Gasteiger partial charge >= 0.3 is 11.9 Å². The van der Waals surface area contributed by atoms with E-state index in [1.54, 1.807) is 19.2 Å².